The number of esters is 2. The molecule has 0 aromatic rings. The van der Waals surface area contributed by atoms with Crippen molar-refractivity contribution in [3.63, 3.8) is 0 Å². The van der Waals surface area contributed by atoms with Gasteiger partial charge in [0.1, 0.15) is 6.61 Å². The Hall–Kier alpha value is -2.18. The smallest absolute Gasteiger partial charge is 0.344 e. The number of aliphatic imine (C=N–C) groups is 1. The van der Waals surface area contributed by atoms with Crippen LogP contribution in [0.4, 0.5) is 4.79 Å². The van der Waals surface area contributed by atoms with Crippen molar-refractivity contribution < 1.29 is 23.9 Å². The monoisotopic (exact) mass is 256 g/mol. The lowest BCUT2D eigenvalue weighted by Crippen LogP contribution is -2.26. The number of ether oxygens (including phenoxy) is 2. The van der Waals surface area contributed by atoms with E-state index in [1.807, 2.05) is 0 Å². The van der Waals surface area contributed by atoms with Gasteiger partial charge in [-0.05, 0) is 13.8 Å². The van der Waals surface area contributed by atoms with Crippen molar-refractivity contribution >= 4 is 24.2 Å². The van der Waals surface area contributed by atoms with E-state index in [9.17, 15) is 14.4 Å². The summed E-state index contributed by atoms with van der Waals surface area (Å²) in [6.45, 7) is 6.07. The van der Waals surface area contributed by atoms with Gasteiger partial charge in [0.05, 0.1) is 6.54 Å². The summed E-state index contributed by atoms with van der Waals surface area (Å²) in [5, 5.41) is 2.39. The largest absolute Gasteiger partial charge is 0.461 e. The molecule has 0 atom stereocenters. The minimum Gasteiger partial charge on any atom is -0.461 e. The molecular weight excluding hydrogens is 240 g/mol. The zero-order chi connectivity index (χ0) is 14.0. The van der Waals surface area contributed by atoms with Crippen LogP contribution < -0.4 is 5.32 Å². The molecule has 0 aliphatic carbocycles. The molecule has 0 saturated carbocycles. The molecule has 2 amide bonds. The van der Waals surface area contributed by atoms with Gasteiger partial charge in [-0.15, -0.1) is 0 Å². The highest BCUT2D eigenvalue weighted by Crippen LogP contribution is 1.92. The topological polar surface area (TPSA) is 94.1 Å². The summed E-state index contributed by atoms with van der Waals surface area (Å²) in [4.78, 5) is 36.3. The number of hydrogen-bond acceptors (Lipinski definition) is 5. The molecule has 0 unspecified atom stereocenters. The first-order valence-corrected chi connectivity index (χ1v) is 5.22. The maximum atomic E-state index is 11.1. The van der Waals surface area contributed by atoms with E-state index in [-0.39, 0.29) is 18.7 Å². The van der Waals surface area contributed by atoms with Gasteiger partial charge in [-0.3, -0.25) is 0 Å². The lowest BCUT2D eigenvalue weighted by Gasteiger charge is -2.06. The number of amides is 2. The molecule has 1 N–H and O–H groups in total. The average Bonchev–Trinajstić information content (AvgIpc) is 2.31. The molecule has 0 bridgehead atoms. The first-order valence-electron chi connectivity index (χ1n) is 5.22. The molecule has 0 fully saturated rings. The van der Waals surface area contributed by atoms with Crippen molar-refractivity contribution in [2.45, 2.75) is 13.8 Å². The van der Waals surface area contributed by atoms with Gasteiger partial charge >= 0.3 is 18.0 Å². The normalized spacial score (nSPS) is 9.89. The van der Waals surface area contributed by atoms with Crippen molar-refractivity contribution in [1.29, 1.82) is 0 Å². The number of carbonyl (C=O) groups excluding carboxylic acids is 3. The maximum Gasteiger partial charge on any atom is 0.344 e. The summed E-state index contributed by atoms with van der Waals surface area (Å²) in [7, 11) is 0. The van der Waals surface area contributed by atoms with Crippen LogP contribution >= 0.6 is 0 Å². The van der Waals surface area contributed by atoms with E-state index in [0.717, 1.165) is 0 Å². The molecule has 18 heavy (non-hydrogen) atoms. The van der Waals surface area contributed by atoms with Crippen LogP contribution in [0.25, 0.3) is 0 Å². The zero-order valence-corrected chi connectivity index (χ0v) is 10.4. The lowest BCUT2D eigenvalue weighted by molar-refractivity contribution is -0.156. The fourth-order valence-corrected chi connectivity index (χ4v) is 0.775. The molecule has 7 heteroatoms. The van der Waals surface area contributed by atoms with Crippen LogP contribution in [0.15, 0.2) is 17.1 Å². The first-order chi connectivity index (χ1) is 8.47. The standard InChI is InChI=1S/C11H16N2O5/c1-4-12-11(16)13-5-6-17-9(14)7-18-10(15)8(2)3/h4H,2,5-7H2,1,3H3,(H,13,16). The second-order valence-electron chi connectivity index (χ2n) is 3.20. The summed E-state index contributed by atoms with van der Waals surface area (Å²) in [5.41, 5.74) is 0.201. The van der Waals surface area contributed by atoms with Crippen LogP contribution in [0.5, 0.6) is 0 Å². The van der Waals surface area contributed by atoms with Crippen molar-refractivity contribution in [3.05, 3.63) is 12.2 Å². The van der Waals surface area contributed by atoms with Crippen LogP contribution in [0, 0.1) is 0 Å². The predicted octanol–water partition coefficient (Wildman–Crippen LogP) is 0.449. The lowest BCUT2D eigenvalue weighted by atomic mass is 10.4. The van der Waals surface area contributed by atoms with Crippen molar-refractivity contribution in [2.75, 3.05) is 19.8 Å². The third-order valence-corrected chi connectivity index (χ3v) is 1.56. The van der Waals surface area contributed by atoms with E-state index in [0.29, 0.717) is 0 Å². The second kappa shape index (κ2) is 8.91. The molecule has 100 valence electrons. The second-order valence-corrected chi connectivity index (χ2v) is 3.20. The summed E-state index contributed by atoms with van der Waals surface area (Å²) in [5.74, 6) is -1.35. The highest BCUT2D eigenvalue weighted by Gasteiger charge is 2.08. The van der Waals surface area contributed by atoms with Crippen LogP contribution in [0.2, 0.25) is 0 Å². The van der Waals surface area contributed by atoms with E-state index in [2.05, 4.69) is 26.4 Å². The van der Waals surface area contributed by atoms with E-state index < -0.39 is 24.6 Å². The molecule has 0 aromatic heterocycles. The van der Waals surface area contributed by atoms with Gasteiger partial charge in [-0.2, -0.15) is 0 Å². The molecule has 0 heterocycles. The summed E-state index contributed by atoms with van der Waals surface area (Å²) in [6.07, 6.45) is 1.35. The van der Waals surface area contributed by atoms with Gasteiger partial charge in [-0.1, -0.05) is 6.58 Å². The predicted molar refractivity (Wildman–Crippen MR) is 64.3 cm³/mol. The SMILES string of the molecule is C=C(C)C(=O)OCC(=O)OCCNC(=O)N=CC. The molecule has 0 aromatic carbocycles. The molecule has 0 radical (unpaired) electrons. The molecular formula is C11H16N2O5. The van der Waals surface area contributed by atoms with Crippen molar-refractivity contribution in [2.24, 2.45) is 4.99 Å². The number of carbonyl (C=O) groups is 3. The van der Waals surface area contributed by atoms with E-state index in [1.165, 1.54) is 13.1 Å². The Bertz CT molecular complexity index is 362. The Morgan fingerprint density at radius 1 is 1.33 bits per heavy atom. The fraction of sp³-hybridized carbons (Fsp3) is 0.455. The van der Waals surface area contributed by atoms with Gasteiger partial charge in [0.15, 0.2) is 6.61 Å². The fourth-order valence-electron chi connectivity index (χ4n) is 0.775. The number of hydrogen-bond donors (Lipinski definition) is 1. The minimum atomic E-state index is -0.696. The number of nitrogens with zero attached hydrogens (tertiary/aromatic N) is 1. The summed E-state index contributed by atoms with van der Waals surface area (Å²) < 4.78 is 9.25. The first kappa shape index (κ1) is 15.8. The highest BCUT2D eigenvalue weighted by molar-refractivity contribution is 5.88. The zero-order valence-electron chi connectivity index (χ0n) is 10.4. The Balaban J connectivity index is 3.63. The maximum absolute atomic E-state index is 11.1. The van der Waals surface area contributed by atoms with Crippen LogP contribution in [0.1, 0.15) is 13.8 Å². The Labute approximate surface area is 105 Å². The van der Waals surface area contributed by atoms with E-state index in [1.54, 1.807) is 6.92 Å². The van der Waals surface area contributed by atoms with Gasteiger partial charge in [0, 0.05) is 11.8 Å². The molecule has 7 nitrogen and oxygen atoms in total. The quantitative estimate of drug-likeness (QED) is 0.322. The Morgan fingerprint density at radius 2 is 2.00 bits per heavy atom. The third-order valence-electron chi connectivity index (χ3n) is 1.56. The minimum absolute atomic E-state index is 0.0194. The number of urea groups is 1. The molecule has 0 aliphatic heterocycles. The average molecular weight is 256 g/mol. The third kappa shape index (κ3) is 8.03. The highest BCUT2D eigenvalue weighted by atomic mass is 16.6. The van der Waals surface area contributed by atoms with Crippen LogP contribution in [-0.2, 0) is 19.1 Å². The van der Waals surface area contributed by atoms with E-state index in [4.69, 9.17) is 0 Å². The van der Waals surface area contributed by atoms with Gasteiger partial charge in [0.25, 0.3) is 0 Å². The van der Waals surface area contributed by atoms with Gasteiger partial charge in [-0.25, -0.2) is 19.4 Å². The summed E-state index contributed by atoms with van der Waals surface area (Å²) >= 11 is 0. The Kier molecular flexibility index (Phi) is 7.83. The number of nitrogens with one attached hydrogen (secondary N) is 1. The van der Waals surface area contributed by atoms with E-state index >= 15 is 0 Å². The van der Waals surface area contributed by atoms with Gasteiger partial charge < -0.3 is 14.8 Å². The van der Waals surface area contributed by atoms with Crippen LogP contribution in [-0.4, -0.2) is 43.9 Å². The molecule has 0 rings (SSSR count). The van der Waals surface area contributed by atoms with Crippen molar-refractivity contribution in [3.8, 4) is 0 Å². The number of rotatable bonds is 6. The molecule has 0 aliphatic rings. The molecule has 0 spiro atoms. The Morgan fingerprint density at radius 3 is 2.56 bits per heavy atom. The van der Waals surface area contributed by atoms with Crippen molar-refractivity contribution in [1.82, 2.24) is 5.32 Å². The molecule has 0 saturated heterocycles. The van der Waals surface area contributed by atoms with Crippen LogP contribution in [0.3, 0.4) is 0 Å². The van der Waals surface area contributed by atoms with Gasteiger partial charge in [0.2, 0.25) is 0 Å². The summed E-state index contributed by atoms with van der Waals surface area (Å²) in [6, 6.07) is -0.512.